The molecule has 0 unspecified atom stereocenters. The number of aromatic nitrogens is 6. The molecule has 0 aliphatic heterocycles. The molecule has 0 aliphatic carbocycles. The van der Waals surface area contributed by atoms with Crippen LogP contribution in [0.15, 0.2) is 60.9 Å². The molecule has 0 radical (unpaired) electrons. The van der Waals surface area contributed by atoms with Gasteiger partial charge in [-0.2, -0.15) is 18.3 Å². The van der Waals surface area contributed by atoms with Crippen molar-refractivity contribution in [3.05, 3.63) is 78.0 Å². The van der Waals surface area contributed by atoms with Gasteiger partial charge in [-0.1, -0.05) is 29.8 Å². The molecule has 0 aliphatic rings. The maximum Gasteiger partial charge on any atom is 0.435 e. The van der Waals surface area contributed by atoms with E-state index in [1.807, 2.05) is 31.2 Å². The van der Waals surface area contributed by atoms with Gasteiger partial charge in [0.15, 0.2) is 23.8 Å². The third kappa shape index (κ3) is 3.56. The van der Waals surface area contributed by atoms with Crippen molar-refractivity contribution in [3.63, 3.8) is 0 Å². The van der Waals surface area contributed by atoms with Crippen LogP contribution in [0, 0.1) is 6.92 Å². The van der Waals surface area contributed by atoms with Gasteiger partial charge >= 0.3 is 6.18 Å². The molecule has 0 fully saturated rings. The van der Waals surface area contributed by atoms with Crippen molar-refractivity contribution in [2.75, 3.05) is 0 Å². The summed E-state index contributed by atoms with van der Waals surface area (Å²) in [7, 11) is 0. The average Bonchev–Trinajstić information content (AvgIpc) is 3.37. The maximum absolute atomic E-state index is 13.2. The highest BCUT2D eigenvalue weighted by molar-refractivity contribution is 5.90. The molecular weight excluding hydrogens is 409 g/mol. The van der Waals surface area contributed by atoms with Gasteiger partial charge in [-0.25, -0.2) is 19.2 Å². The Kier molecular flexibility index (Phi) is 4.35. The van der Waals surface area contributed by atoms with Crippen LogP contribution in [0.25, 0.3) is 22.2 Å². The molecule has 10 heteroatoms. The molecule has 0 N–H and O–H groups in total. The van der Waals surface area contributed by atoms with Crippen LogP contribution < -0.4 is 4.74 Å². The first kappa shape index (κ1) is 19.0. The first-order valence-electron chi connectivity index (χ1n) is 9.34. The minimum Gasteiger partial charge on any atom is -0.469 e. The van der Waals surface area contributed by atoms with Crippen molar-refractivity contribution >= 4 is 16.6 Å². The number of ether oxygens (including phenoxy) is 1. The van der Waals surface area contributed by atoms with Crippen LogP contribution in [0.2, 0.25) is 0 Å². The monoisotopic (exact) mass is 424 g/mol. The highest BCUT2D eigenvalue weighted by atomic mass is 19.4. The maximum atomic E-state index is 13.2. The van der Waals surface area contributed by atoms with Crippen molar-refractivity contribution in [1.29, 1.82) is 0 Å². The molecule has 3 aromatic heterocycles. The van der Waals surface area contributed by atoms with Gasteiger partial charge in [0.1, 0.15) is 6.33 Å². The van der Waals surface area contributed by atoms with Crippen LogP contribution >= 0.6 is 0 Å². The number of fused-ring (bicyclic) bond motifs is 3. The number of nitrogens with zero attached hydrogens (tertiary/aromatic N) is 6. The third-order valence-electron chi connectivity index (χ3n) is 4.72. The van der Waals surface area contributed by atoms with Crippen LogP contribution in [0.3, 0.4) is 0 Å². The quantitative estimate of drug-likeness (QED) is 0.429. The highest BCUT2D eigenvalue weighted by Gasteiger charge is 2.35. The molecule has 7 nitrogen and oxygen atoms in total. The Morgan fingerprint density at radius 3 is 2.55 bits per heavy atom. The van der Waals surface area contributed by atoms with E-state index in [0.717, 1.165) is 27.2 Å². The van der Waals surface area contributed by atoms with E-state index in [2.05, 4.69) is 20.2 Å². The summed E-state index contributed by atoms with van der Waals surface area (Å²) in [6.07, 6.45) is -3.06. The van der Waals surface area contributed by atoms with Crippen molar-refractivity contribution < 1.29 is 17.9 Å². The van der Waals surface area contributed by atoms with E-state index >= 15 is 0 Å². The fourth-order valence-electron chi connectivity index (χ4n) is 3.20. The lowest BCUT2D eigenvalue weighted by Gasteiger charge is -2.08. The van der Waals surface area contributed by atoms with Gasteiger partial charge in [-0.15, -0.1) is 5.10 Å². The molecule has 156 valence electrons. The minimum absolute atomic E-state index is 0.0574. The van der Waals surface area contributed by atoms with Crippen molar-refractivity contribution in [3.8, 4) is 11.6 Å². The lowest BCUT2D eigenvalue weighted by Crippen LogP contribution is -2.07. The summed E-state index contributed by atoms with van der Waals surface area (Å²) in [6.45, 7) is 1.75. The number of hydrogen-bond acceptors (Lipinski definition) is 5. The standard InChI is InChI=1S/C21H15F3N6O/c1-13-6-8-14(9-7-13)30-19(10-17(27-30)21(22,23)24)31-11-18-26-20-15-4-2-3-5-16(15)25-12-29(20)28-18/h2-10,12H,11H2,1H3. The zero-order valence-corrected chi connectivity index (χ0v) is 16.2. The third-order valence-corrected chi connectivity index (χ3v) is 4.72. The van der Waals surface area contributed by atoms with Crippen LogP contribution in [0.4, 0.5) is 13.2 Å². The van der Waals surface area contributed by atoms with E-state index in [4.69, 9.17) is 4.74 Å². The molecule has 0 amide bonds. The first-order valence-corrected chi connectivity index (χ1v) is 9.34. The summed E-state index contributed by atoms with van der Waals surface area (Å²) in [5, 5.41) is 8.81. The van der Waals surface area contributed by atoms with E-state index in [1.54, 1.807) is 24.3 Å². The molecule has 0 bridgehead atoms. The van der Waals surface area contributed by atoms with E-state index in [9.17, 15) is 13.2 Å². The Bertz CT molecular complexity index is 1390. The average molecular weight is 424 g/mol. The molecule has 0 saturated heterocycles. The van der Waals surface area contributed by atoms with E-state index < -0.39 is 11.9 Å². The zero-order chi connectivity index (χ0) is 21.6. The molecule has 5 rings (SSSR count). The second kappa shape index (κ2) is 7.08. The number of aryl methyl sites for hydroxylation is 1. The molecule has 5 aromatic rings. The predicted octanol–water partition coefficient (Wildman–Crippen LogP) is 4.37. The lowest BCUT2D eigenvalue weighted by atomic mass is 10.2. The Morgan fingerprint density at radius 1 is 1.00 bits per heavy atom. The van der Waals surface area contributed by atoms with Crippen molar-refractivity contribution in [1.82, 2.24) is 29.4 Å². The van der Waals surface area contributed by atoms with Gasteiger partial charge in [0, 0.05) is 11.5 Å². The second-order valence-electron chi connectivity index (χ2n) is 6.96. The van der Waals surface area contributed by atoms with Crippen molar-refractivity contribution in [2.24, 2.45) is 0 Å². The Labute approximate surface area is 173 Å². The number of halogens is 3. The fourth-order valence-corrected chi connectivity index (χ4v) is 3.20. The summed E-state index contributed by atoms with van der Waals surface area (Å²) in [5.74, 6) is 0.251. The smallest absolute Gasteiger partial charge is 0.435 e. The number of benzene rings is 2. The predicted molar refractivity (Wildman–Crippen MR) is 106 cm³/mol. The van der Waals surface area contributed by atoms with Gasteiger partial charge in [-0.05, 0) is 31.2 Å². The zero-order valence-electron chi connectivity index (χ0n) is 16.2. The largest absolute Gasteiger partial charge is 0.469 e. The van der Waals surface area contributed by atoms with E-state index in [0.29, 0.717) is 17.2 Å². The summed E-state index contributed by atoms with van der Waals surface area (Å²) in [6, 6.07) is 15.3. The molecule has 2 aromatic carbocycles. The molecular formula is C21H15F3N6O. The van der Waals surface area contributed by atoms with Crippen molar-refractivity contribution in [2.45, 2.75) is 19.7 Å². The molecule has 0 saturated carbocycles. The number of rotatable bonds is 4. The number of alkyl halides is 3. The second-order valence-corrected chi connectivity index (χ2v) is 6.96. The van der Waals surface area contributed by atoms with Gasteiger partial charge in [0.25, 0.3) is 0 Å². The van der Waals surface area contributed by atoms with Gasteiger partial charge in [0.05, 0.1) is 11.2 Å². The molecule has 0 atom stereocenters. The first-order chi connectivity index (χ1) is 14.9. The molecule has 31 heavy (non-hydrogen) atoms. The summed E-state index contributed by atoms with van der Waals surface area (Å²) < 4.78 is 48.0. The highest BCUT2D eigenvalue weighted by Crippen LogP contribution is 2.32. The normalized spacial score (nSPS) is 12.0. The van der Waals surface area contributed by atoms with Crippen LogP contribution in [0.5, 0.6) is 5.88 Å². The fraction of sp³-hybridized carbons (Fsp3) is 0.143. The topological polar surface area (TPSA) is 70.1 Å². The van der Waals surface area contributed by atoms with Gasteiger partial charge in [0.2, 0.25) is 5.88 Å². The van der Waals surface area contributed by atoms with E-state index in [1.165, 1.54) is 10.8 Å². The summed E-state index contributed by atoms with van der Waals surface area (Å²) in [5.41, 5.74) is 1.74. The van der Waals surface area contributed by atoms with Crippen LogP contribution in [0.1, 0.15) is 17.1 Å². The number of para-hydroxylation sites is 1. The SMILES string of the molecule is Cc1ccc(-n2nc(C(F)(F)F)cc2OCc2nc3c4ccccc4ncn3n2)cc1. The van der Waals surface area contributed by atoms with Gasteiger partial charge < -0.3 is 4.74 Å². The minimum atomic E-state index is -4.60. The number of hydrogen-bond donors (Lipinski definition) is 0. The summed E-state index contributed by atoms with van der Waals surface area (Å²) >= 11 is 0. The molecule has 3 heterocycles. The Hall–Kier alpha value is -3.95. The summed E-state index contributed by atoms with van der Waals surface area (Å²) in [4.78, 5) is 8.77. The Balaban J connectivity index is 1.49. The van der Waals surface area contributed by atoms with Crippen LogP contribution in [-0.4, -0.2) is 29.4 Å². The van der Waals surface area contributed by atoms with Gasteiger partial charge in [-0.3, -0.25) is 0 Å². The Morgan fingerprint density at radius 2 is 1.77 bits per heavy atom. The molecule has 0 spiro atoms. The van der Waals surface area contributed by atoms with E-state index in [-0.39, 0.29) is 12.5 Å². The lowest BCUT2D eigenvalue weighted by molar-refractivity contribution is -0.141. The van der Waals surface area contributed by atoms with Crippen LogP contribution in [-0.2, 0) is 12.8 Å².